The average molecular weight is 410 g/mol. The lowest BCUT2D eigenvalue weighted by molar-refractivity contribution is 0.0987. The van der Waals surface area contributed by atoms with E-state index in [0.717, 1.165) is 0 Å². The second-order valence-corrected chi connectivity index (χ2v) is 7.81. The van der Waals surface area contributed by atoms with Gasteiger partial charge < -0.3 is 10.5 Å². The number of nitrogens with zero attached hydrogens (tertiary/aromatic N) is 3. The van der Waals surface area contributed by atoms with E-state index in [1.54, 1.807) is 13.0 Å². The van der Waals surface area contributed by atoms with Crippen LogP contribution in [0, 0.1) is 30.0 Å². The lowest BCUT2D eigenvalue weighted by Crippen LogP contribution is -2.44. The molecule has 2 N–H and O–H groups in total. The van der Waals surface area contributed by atoms with Crippen molar-refractivity contribution in [3.63, 3.8) is 0 Å². The normalized spacial score (nSPS) is 25.4. The number of fused-ring (bicyclic) bond motifs is 1. The Labute approximate surface area is 172 Å². The van der Waals surface area contributed by atoms with Gasteiger partial charge in [0, 0.05) is 24.1 Å². The highest BCUT2D eigenvalue weighted by atomic mass is 19.1. The summed E-state index contributed by atoms with van der Waals surface area (Å²) in [6.07, 6.45) is 0.0211. The van der Waals surface area contributed by atoms with Crippen LogP contribution in [0.5, 0.6) is 0 Å². The number of nitriles is 1. The molecule has 0 saturated heterocycles. The van der Waals surface area contributed by atoms with Crippen molar-refractivity contribution in [3.05, 3.63) is 64.2 Å². The van der Waals surface area contributed by atoms with Gasteiger partial charge in [0.2, 0.25) is 0 Å². The zero-order chi connectivity index (χ0) is 21.6. The molecule has 1 aromatic heterocycles. The number of ketones is 1. The lowest BCUT2D eigenvalue weighted by Gasteiger charge is -2.35. The van der Waals surface area contributed by atoms with Crippen molar-refractivity contribution in [2.45, 2.75) is 44.5 Å². The van der Waals surface area contributed by atoms with Crippen molar-refractivity contribution in [1.82, 2.24) is 4.98 Å². The van der Waals surface area contributed by atoms with Crippen LogP contribution in [0.1, 0.15) is 46.1 Å². The number of benzene rings is 1. The molecule has 1 aliphatic carbocycles. The molecule has 2 heterocycles. The van der Waals surface area contributed by atoms with Crippen LogP contribution in [0.2, 0.25) is 0 Å². The molecule has 0 bridgehead atoms. The summed E-state index contributed by atoms with van der Waals surface area (Å²) in [7, 11) is 0. The fraction of sp³-hybridized carbons (Fsp3) is 0.364. The number of carbonyl (C=O) groups excluding carboxylic acids is 1. The van der Waals surface area contributed by atoms with E-state index in [1.807, 2.05) is 6.07 Å². The number of pyridine rings is 1. The Balaban J connectivity index is 1.73. The van der Waals surface area contributed by atoms with Crippen molar-refractivity contribution >= 4 is 11.8 Å². The highest BCUT2D eigenvalue weighted by Crippen LogP contribution is 2.56. The van der Waals surface area contributed by atoms with Crippen molar-refractivity contribution in [3.8, 4) is 6.07 Å². The predicted octanol–water partition coefficient (Wildman–Crippen LogP) is 3.11. The van der Waals surface area contributed by atoms with Gasteiger partial charge in [-0.2, -0.15) is 5.26 Å². The standard InChI is InChI=1S/C22H20F2N4O2/c1-11-5-14(7-18(29)17-4-3-13(9-25)10-27-17)6-16(20(11)24)22(12(2)23)15-8-19(15)30-21(26)28-22/h3-6,10,12,15,19H,7-8H2,1-2H3,(H2,26,28)/t12?,15-,19+,22-/m0/s1. The van der Waals surface area contributed by atoms with Gasteiger partial charge in [-0.15, -0.1) is 0 Å². The van der Waals surface area contributed by atoms with Crippen LogP contribution in [0.3, 0.4) is 0 Å². The van der Waals surface area contributed by atoms with Crippen molar-refractivity contribution in [1.29, 1.82) is 5.26 Å². The molecule has 8 heteroatoms. The first kappa shape index (κ1) is 20.0. The minimum absolute atomic E-state index is 0.0481. The third-order valence-electron chi connectivity index (χ3n) is 5.76. The van der Waals surface area contributed by atoms with E-state index in [2.05, 4.69) is 9.98 Å². The number of ether oxygens (including phenoxy) is 1. The van der Waals surface area contributed by atoms with Crippen LogP contribution in [0.15, 0.2) is 35.5 Å². The maximum absolute atomic E-state index is 15.2. The summed E-state index contributed by atoms with van der Waals surface area (Å²) in [5.41, 5.74) is 5.73. The van der Waals surface area contributed by atoms with Crippen LogP contribution in [0.4, 0.5) is 8.78 Å². The Morgan fingerprint density at radius 3 is 2.87 bits per heavy atom. The topological polar surface area (TPSA) is 101 Å². The Morgan fingerprint density at radius 1 is 1.47 bits per heavy atom. The predicted molar refractivity (Wildman–Crippen MR) is 105 cm³/mol. The van der Waals surface area contributed by atoms with Gasteiger partial charge >= 0.3 is 0 Å². The molecule has 1 unspecified atom stereocenters. The molecule has 1 aliphatic heterocycles. The number of aromatic nitrogens is 1. The zero-order valence-electron chi connectivity index (χ0n) is 16.5. The van der Waals surface area contributed by atoms with Gasteiger partial charge in [-0.1, -0.05) is 6.07 Å². The van der Waals surface area contributed by atoms with E-state index >= 15 is 4.39 Å². The summed E-state index contributed by atoms with van der Waals surface area (Å²) < 4.78 is 35.5. The minimum Gasteiger partial charge on any atom is -0.462 e. The monoisotopic (exact) mass is 410 g/mol. The van der Waals surface area contributed by atoms with Crippen molar-refractivity contribution < 1.29 is 18.3 Å². The van der Waals surface area contributed by atoms with Gasteiger partial charge in [0.15, 0.2) is 5.78 Å². The Bertz CT molecular complexity index is 1090. The number of aliphatic imine (C=N–C) groups is 1. The highest BCUT2D eigenvalue weighted by molar-refractivity contribution is 5.95. The number of alkyl halides is 1. The molecule has 6 nitrogen and oxygen atoms in total. The quantitative estimate of drug-likeness (QED) is 0.763. The Morgan fingerprint density at radius 2 is 2.23 bits per heavy atom. The molecule has 2 aliphatic rings. The maximum Gasteiger partial charge on any atom is 0.283 e. The van der Waals surface area contributed by atoms with Crippen molar-refractivity contribution in [2.24, 2.45) is 16.6 Å². The average Bonchev–Trinajstić information content (AvgIpc) is 3.49. The smallest absolute Gasteiger partial charge is 0.283 e. The third-order valence-corrected chi connectivity index (χ3v) is 5.76. The minimum atomic E-state index is -1.50. The fourth-order valence-corrected chi connectivity index (χ4v) is 4.21. The first-order valence-corrected chi connectivity index (χ1v) is 9.61. The van der Waals surface area contributed by atoms with Crippen LogP contribution in [-0.2, 0) is 16.7 Å². The third kappa shape index (κ3) is 3.20. The van der Waals surface area contributed by atoms with Gasteiger partial charge in [-0.3, -0.25) is 9.78 Å². The van der Waals surface area contributed by atoms with Gasteiger partial charge in [-0.05, 0) is 49.6 Å². The lowest BCUT2D eigenvalue weighted by atomic mass is 9.79. The van der Waals surface area contributed by atoms with E-state index < -0.39 is 17.5 Å². The Kier molecular flexibility index (Phi) is 4.77. The Hall–Kier alpha value is -3.34. The molecule has 1 saturated carbocycles. The molecular weight excluding hydrogens is 390 g/mol. The summed E-state index contributed by atoms with van der Waals surface area (Å²) in [5.74, 6) is -1.17. The summed E-state index contributed by atoms with van der Waals surface area (Å²) in [6.45, 7) is 2.91. The molecule has 1 fully saturated rings. The number of Topliss-reactive ketones (excluding diaryl/α,β-unsaturated/α-hetero) is 1. The molecule has 0 amide bonds. The molecule has 4 rings (SSSR count). The first-order valence-electron chi connectivity index (χ1n) is 9.61. The molecule has 154 valence electrons. The summed E-state index contributed by atoms with van der Waals surface area (Å²) in [5, 5.41) is 8.86. The number of nitrogens with two attached hydrogens (primary N) is 1. The molecule has 4 atom stereocenters. The molecule has 0 spiro atoms. The molecule has 0 radical (unpaired) electrons. The fourth-order valence-electron chi connectivity index (χ4n) is 4.21. The number of amidine groups is 1. The number of carbonyl (C=O) groups is 1. The number of rotatable bonds is 5. The first-order chi connectivity index (χ1) is 14.3. The van der Waals surface area contributed by atoms with Crippen LogP contribution < -0.4 is 5.73 Å². The number of hydrogen-bond acceptors (Lipinski definition) is 6. The van der Waals surface area contributed by atoms with E-state index in [9.17, 15) is 9.18 Å². The van der Waals surface area contributed by atoms with Gasteiger partial charge in [0.05, 0.1) is 5.56 Å². The van der Waals surface area contributed by atoms with Gasteiger partial charge in [0.25, 0.3) is 6.02 Å². The van der Waals surface area contributed by atoms with E-state index in [-0.39, 0.29) is 41.5 Å². The van der Waals surface area contributed by atoms with E-state index in [1.165, 1.54) is 31.3 Å². The number of hydrogen-bond donors (Lipinski definition) is 1. The van der Waals surface area contributed by atoms with Crippen LogP contribution in [-0.4, -0.2) is 29.1 Å². The summed E-state index contributed by atoms with van der Waals surface area (Å²) in [4.78, 5) is 20.9. The summed E-state index contributed by atoms with van der Waals surface area (Å²) >= 11 is 0. The second kappa shape index (κ2) is 7.17. The van der Waals surface area contributed by atoms with Gasteiger partial charge in [-0.25, -0.2) is 13.8 Å². The summed E-state index contributed by atoms with van der Waals surface area (Å²) in [6, 6.07) is 7.83. The number of halogens is 2. The SMILES string of the molecule is Cc1cc(CC(=O)c2ccc(C#N)cn2)cc([C@@]2(C(C)F)N=C(N)O[C@@H]3C[C@@H]32)c1F. The van der Waals surface area contributed by atoms with E-state index in [0.29, 0.717) is 23.1 Å². The van der Waals surface area contributed by atoms with E-state index in [4.69, 9.17) is 15.7 Å². The molecular formula is C22H20F2N4O2. The number of aryl methyl sites for hydroxylation is 1. The maximum atomic E-state index is 15.2. The largest absolute Gasteiger partial charge is 0.462 e. The van der Waals surface area contributed by atoms with Gasteiger partial charge in [0.1, 0.15) is 35.4 Å². The second-order valence-electron chi connectivity index (χ2n) is 7.81. The van der Waals surface area contributed by atoms with Crippen molar-refractivity contribution in [2.75, 3.05) is 0 Å². The molecule has 2 aromatic rings. The molecule has 1 aromatic carbocycles. The van der Waals surface area contributed by atoms with Crippen LogP contribution >= 0.6 is 0 Å². The van der Waals surface area contributed by atoms with Crippen LogP contribution in [0.25, 0.3) is 0 Å². The molecule has 30 heavy (non-hydrogen) atoms. The zero-order valence-corrected chi connectivity index (χ0v) is 16.5. The highest BCUT2D eigenvalue weighted by Gasteiger charge is 2.62.